The first-order valence-electron chi connectivity index (χ1n) is 7.30. The summed E-state index contributed by atoms with van der Waals surface area (Å²) >= 11 is 0. The van der Waals surface area contributed by atoms with E-state index in [1.165, 1.54) is 0 Å². The molecule has 1 saturated heterocycles. The Balaban J connectivity index is 0.00000220. The van der Waals surface area contributed by atoms with Gasteiger partial charge in [0.05, 0.1) is 19.2 Å². The van der Waals surface area contributed by atoms with Gasteiger partial charge in [-0.05, 0) is 39.3 Å². The minimum atomic E-state index is -0.0546. The van der Waals surface area contributed by atoms with Crippen LogP contribution in [0.2, 0.25) is 0 Å². The highest BCUT2D eigenvalue weighted by Gasteiger charge is 2.23. The average Bonchev–Trinajstić information content (AvgIpc) is 2.48. The predicted molar refractivity (Wildman–Crippen MR) is 87.2 cm³/mol. The second-order valence-electron chi connectivity index (χ2n) is 5.48. The number of methoxy groups -OCH3 is 1. The van der Waals surface area contributed by atoms with Crippen LogP contribution in [0.1, 0.15) is 43.4 Å². The molecule has 1 fully saturated rings. The number of hydrogen-bond donors (Lipinski definition) is 2. The Kier molecular flexibility index (Phi) is 6.99. The van der Waals surface area contributed by atoms with Crippen LogP contribution in [-0.2, 0) is 4.79 Å². The molecule has 0 radical (unpaired) electrons. The maximum atomic E-state index is 12.3. The molecule has 1 aromatic carbocycles. The first-order chi connectivity index (χ1) is 9.61. The van der Waals surface area contributed by atoms with E-state index in [0.29, 0.717) is 0 Å². The molecule has 0 aliphatic carbocycles. The lowest BCUT2D eigenvalue weighted by Gasteiger charge is -2.25. The van der Waals surface area contributed by atoms with Crippen LogP contribution in [0, 0.1) is 6.92 Å². The van der Waals surface area contributed by atoms with Gasteiger partial charge in [-0.3, -0.25) is 4.79 Å². The predicted octanol–water partition coefficient (Wildman–Crippen LogP) is 2.74. The summed E-state index contributed by atoms with van der Waals surface area (Å²) in [7, 11) is 1.66. The Labute approximate surface area is 133 Å². The van der Waals surface area contributed by atoms with E-state index in [0.717, 1.165) is 42.7 Å². The van der Waals surface area contributed by atoms with Crippen molar-refractivity contribution >= 4 is 18.3 Å². The van der Waals surface area contributed by atoms with Gasteiger partial charge in [-0.2, -0.15) is 0 Å². The normalized spacial score (nSPS) is 19.3. The molecule has 0 spiro atoms. The van der Waals surface area contributed by atoms with Gasteiger partial charge in [-0.1, -0.05) is 24.1 Å². The van der Waals surface area contributed by atoms with E-state index in [-0.39, 0.29) is 30.4 Å². The zero-order valence-corrected chi connectivity index (χ0v) is 13.8. The molecule has 2 rings (SSSR count). The summed E-state index contributed by atoms with van der Waals surface area (Å²) in [6.45, 7) is 4.97. The third kappa shape index (κ3) is 4.61. The van der Waals surface area contributed by atoms with Crippen molar-refractivity contribution in [1.82, 2.24) is 10.6 Å². The fourth-order valence-corrected chi connectivity index (χ4v) is 2.66. The molecule has 2 atom stereocenters. The van der Waals surface area contributed by atoms with Gasteiger partial charge in [-0.25, -0.2) is 0 Å². The van der Waals surface area contributed by atoms with Gasteiger partial charge in [0.1, 0.15) is 5.75 Å². The molecule has 1 aliphatic heterocycles. The van der Waals surface area contributed by atoms with Gasteiger partial charge in [-0.15, -0.1) is 12.4 Å². The number of carbonyl (C=O) groups excluding carboxylic acids is 1. The van der Waals surface area contributed by atoms with Crippen molar-refractivity contribution < 1.29 is 9.53 Å². The van der Waals surface area contributed by atoms with Crippen LogP contribution in [0.4, 0.5) is 0 Å². The second-order valence-corrected chi connectivity index (χ2v) is 5.48. The lowest BCUT2D eigenvalue weighted by Crippen LogP contribution is -2.47. The molecule has 1 aliphatic rings. The molecule has 4 nitrogen and oxygen atoms in total. The zero-order chi connectivity index (χ0) is 14.5. The topological polar surface area (TPSA) is 50.4 Å². The minimum Gasteiger partial charge on any atom is -0.496 e. The summed E-state index contributed by atoms with van der Waals surface area (Å²) in [6.07, 6.45) is 3.20. The summed E-state index contributed by atoms with van der Waals surface area (Å²) < 4.78 is 5.38. The highest BCUT2D eigenvalue weighted by atomic mass is 35.5. The molecule has 0 bridgehead atoms. The van der Waals surface area contributed by atoms with Crippen molar-refractivity contribution in [2.75, 3.05) is 13.7 Å². The van der Waals surface area contributed by atoms with E-state index < -0.39 is 0 Å². The first-order valence-corrected chi connectivity index (χ1v) is 7.30. The van der Waals surface area contributed by atoms with Gasteiger partial charge in [0.25, 0.3) is 0 Å². The summed E-state index contributed by atoms with van der Waals surface area (Å²) in [5.41, 5.74) is 2.19. The lowest BCUT2D eigenvalue weighted by molar-refractivity contribution is -0.124. The molecular weight excluding hydrogens is 288 g/mol. The van der Waals surface area contributed by atoms with Crippen LogP contribution in [-0.4, -0.2) is 25.6 Å². The van der Waals surface area contributed by atoms with Crippen molar-refractivity contribution in [2.24, 2.45) is 0 Å². The molecule has 1 amide bonds. The van der Waals surface area contributed by atoms with Crippen LogP contribution in [0.3, 0.4) is 0 Å². The Morgan fingerprint density at radius 1 is 1.43 bits per heavy atom. The standard InChI is InChI=1S/C16H24N2O2.ClH/c1-11-7-8-15(20-3)13(10-11)12(2)18-16(19)14-6-4-5-9-17-14;/h7-8,10,12,14,17H,4-6,9H2,1-3H3,(H,18,19);1H. The molecule has 0 saturated carbocycles. The molecule has 0 aromatic heterocycles. The quantitative estimate of drug-likeness (QED) is 0.899. The van der Waals surface area contributed by atoms with Crippen molar-refractivity contribution in [3.63, 3.8) is 0 Å². The van der Waals surface area contributed by atoms with Gasteiger partial charge in [0.2, 0.25) is 5.91 Å². The molecule has 118 valence electrons. The van der Waals surface area contributed by atoms with Crippen molar-refractivity contribution in [2.45, 2.75) is 45.2 Å². The summed E-state index contributed by atoms with van der Waals surface area (Å²) in [6, 6.07) is 5.92. The van der Waals surface area contributed by atoms with Crippen LogP contribution >= 0.6 is 12.4 Å². The summed E-state index contributed by atoms with van der Waals surface area (Å²) in [4.78, 5) is 12.3. The number of nitrogens with one attached hydrogen (secondary N) is 2. The fraction of sp³-hybridized carbons (Fsp3) is 0.562. The monoisotopic (exact) mass is 312 g/mol. The molecular formula is C16H25ClN2O2. The molecule has 1 aromatic rings. The third-order valence-electron chi connectivity index (χ3n) is 3.84. The summed E-state index contributed by atoms with van der Waals surface area (Å²) in [5, 5.41) is 6.36. The van der Waals surface area contributed by atoms with Gasteiger partial charge >= 0.3 is 0 Å². The third-order valence-corrected chi connectivity index (χ3v) is 3.84. The molecule has 2 N–H and O–H groups in total. The zero-order valence-electron chi connectivity index (χ0n) is 12.9. The van der Waals surface area contributed by atoms with Crippen LogP contribution in [0.25, 0.3) is 0 Å². The molecule has 2 unspecified atom stereocenters. The number of benzene rings is 1. The van der Waals surface area contributed by atoms with E-state index in [9.17, 15) is 4.79 Å². The molecule has 21 heavy (non-hydrogen) atoms. The number of piperidine rings is 1. The Hall–Kier alpha value is -1.26. The van der Waals surface area contributed by atoms with E-state index in [2.05, 4.69) is 16.7 Å². The van der Waals surface area contributed by atoms with Gasteiger partial charge < -0.3 is 15.4 Å². The Morgan fingerprint density at radius 2 is 2.19 bits per heavy atom. The number of carbonyl (C=O) groups is 1. The number of hydrogen-bond acceptors (Lipinski definition) is 3. The Morgan fingerprint density at radius 3 is 2.81 bits per heavy atom. The minimum absolute atomic E-state index is 0. The largest absolute Gasteiger partial charge is 0.496 e. The van der Waals surface area contributed by atoms with Crippen LogP contribution < -0.4 is 15.4 Å². The second kappa shape index (κ2) is 8.25. The maximum Gasteiger partial charge on any atom is 0.237 e. The highest BCUT2D eigenvalue weighted by Crippen LogP contribution is 2.26. The van der Waals surface area contributed by atoms with Crippen LogP contribution in [0.15, 0.2) is 18.2 Å². The number of halogens is 1. The van der Waals surface area contributed by atoms with E-state index in [4.69, 9.17) is 4.74 Å². The van der Waals surface area contributed by atoms with Crippen molar-refractivity contribution in [3.05, 3.63) is 29.3 Å². The average molecular weight is 313 g/mol. The Bertz CT molecular complexity index is 473. The van der Waals surface area contributed by atoms with Gasteiger partial charge in [0.15, 0.2) is 0 Å². The van der Waals surface area contributed by atoms with Crippen LogP contribution in [0.5, 0.6) is 5.75 Å². The maximum absolute atomic E-state index is 12.3. The van der Waals surface area contributed by atoms with E-state index in [1.54, 1.807) is 7.11 Å². The molecule has 5 heteroatoms. The van der Waals surface area contributed by atoms with Crippen molar-refractivity contribution in [3.8, 4) is 5.75 Å². The van der Waals surface area contributed by atoms with Gasteiger partial charge in [0, 0.05) is 5.56 Å². The summed E-state index contributed by atoms with van der Waals surface area (Å²) in [5.74, 6) is 0.903. The van der Waals surface area contributed by atoms with E-state index in [1.807, 2.05) is 26.0 Å². The number of rotatable bonds is 4. The van der Waals surface area contributed by atoms with Crippen molar-refractivity contribution in [1.29, 1.82) is 0 Å². The first kappa shape index (κ1) is 17.8. The smallest absolute Gasteiger partial charge is 0.237 e. The fourth-order valence-electron chi connectivity index (χ4n) is 2.66. The SMILES string of the molecule is COc1ccc(C)cc1C(C)NC(=O)C1CCCCN1.Cl. The van der Waals surface area contributed by atoms with E-state index >= 15 is 0 Å². The number of aryl methyl sites for hydroxylation is 1. The highest BCUT2D eigenvalue weighted by molar-refractivity contribution is 5.85. The number of ether oxygens (including phenoxy) is 1. The number of amides is 1. The lowest BCUT2D eigenvalue weighted by atomic mass is 10.0. The molecule has 1 heterocycles.